The van der Waals surface area contributed by atoms with Crippen LogP contribution in [0.25, 0.3) is 0 Å². The molecule has 1 heteroatoms. The fourth-order valence-electron chi connectivity index (χ4n) is 1.88. The third-order valence-corrected chi connectivity index (χ3v) is 3.40. The van der Waals surface area contributed by atoms with Crippen LogP contribution in [0, 0.1) is 11.3 Å². The van der Waals surface area contributed by atoms with E-state index in [0.29, 0.717) is 10.2 Å². The van der Waals surface area contributed by atoms with Gasteiger partial charge in [-0.1, -0.05) is 36.7 Å². The molecule has 0 amide bonds. The van der Waals surface area contributed by atoms with Gasteiger partial charge in [-0.25, -0.2) is 0 Å². The van der Waals surface area contributed by atoms with Crippen LogP contribution in [0.2, 0.25) is 0 Å². The monoisotopic (exact) mass is 204 g/mol. The Morgan fingerprint density at radius 1 is 1.50 bits per heavy atom. The van der Waals surface area contributed by atoms with Crippen LogP contribution >= 0.6 is 15.9 Å². The molecule has 0 spiro atoms. The van der Waals surface area contributed by atoms with Crippen molar-refractivity contribution in [3.63, 3.8) is 0 Å². The molecule has 1 saturated carbocycles. The summed E-state index contributed by atoms with van der Waals surface area (Å²) in [6, 6.07) is 0. The SMILES string of the molecule is CC(Br)C1CCC(C)(C)C1. The molecule has 2 unspecified atom stereocenters. The van der Waals surface area contributed by atoms with Gasteiger partial charge in [0.05, 0.1) is 0 Å². The van der Waals surface area contributed by atoms with E-state index in [9.17, 15) is 0 Å². The van der Waals surface area contributed by atoms with Gasteiger partial charge in [-0.3, -0.25) is 0 Å². The Bertz CT molecular complexity index is 116. The first-order chi connectivity index (χ1) is 4.51. The molecule has 0 aromatic heterocycles. The van der Waals surface area contributed by atoms with Crippen molar-refractivity contribution in [2.24, 2.45) is 11.3 Å². The molecule has 0 heterocycles. The summed E-state index contributed by atoms with van der Waals surface area (Å²) < 4.78 is 0. The molecule has 1 aliphatic carbocycles. The highest BCUT2D eigenvalue weighted by molar-refractivity contribution is 9.09. The van der Waals surface area contributed by atoms with Crippen LogP contribution in [0.3, 0.4) is 0 Å². The zero-order valence-corrected chi connectivity index (χ0v) is 8.74. The first-order valence-electron chi connectivity index (χ1n) is 4.15. The molecule has 0 aliphatic heterocycles. The minimum absolute atomic E-state index is 0.618. The molecule has 1 fully saturated rings. The zero-order chi connectivity index (χ0) is 7.78. The quantitative estimate of drug-likeness (QED) is 0.574. The molecule has 60 valence electrons. The van der Waals surface area contributed by atoms with E-state index in [1.807, 2.05) is 0 Å². The minimum atomic E-state index is 0.618. The Morgan fingerprint density at radius 3 is 2.30 bits per heavy atom. The molecule has 0 aromatic rings. The number of rotatable bonds is 1. The molecule has 10 heavy (non-hydrogen) atoms. The maximum Gasteiger partial charge on any atom is 0.0146 e. The van der Waals surface area contributed by atoms with Crippen molar-refractivity contribution >= 4 is 15.9 Å². The van der Waals surface area contributed by atoms with Gasteiger partial charge in [0.15, 0.2) is 0 Å². The maximum atomic E-state index is 3.65. The lowest BCUT2D eigenvalue weighted by Gasteiger charge is -2.18. The molecule has 0 aromatic carbocycles. The van der Waals surface area contributed by atoms with Crippen LogP contribution < -0.4 is 0 Å². The first-order valence-corrected chi connectivity index (χ1v) is 5.07. The number of hydrogen-bond acceptors (Lipinski definition) is 0. The highest BCUT2D eigenvalue weighted by atomic mass is 79.9. The van der Waals surface area contributed by atoms with Gasteiger partial charge in [0.25, 0.3) is 0 Å². The molecular formula is C9H17Br. The van der Waals surface area contributed by atoms with Crippen molar-refractivity contribution in [1.29, 1.82) is 0 Å². The Morgan fingerprint density at radius 2 is 2.10 bits per heavy atom. The van der Waals surface area contributed by atoms with Crippen LogP contribution in [0.1, 0.15) is 40.0 Å². The van der Waals surface area contributed by atoms with Crippen LogP contribution in [0.5, 0.6) is 0 Å². The van der Waals surface area contributed by atoms with Crippen molar-refractivity contribution < 1.29 is 0 Å². The fourth-order valence-corrected chi connectivity index (χ4v) is 2.33. The van der Waals surface area contributed by atoms with E-state index in [4.69, 9.17) is 0 Å². The van der Waals surface area contributed by atoms with E-state index in [1.54, 1.807) is 0 Å². The van der Waals surface area contributed by atoms with Gasteiger partial charge in [0, 0.05) is 4.83 Å². The van der Waals surface area contributed by atoms with Gasteiger partial charge in [-0.2, -0.15) is 0 Å². The van der Waals surface area contributed by atoms with Crippen molar-refractivity contribution in [2.75, 3.05) is 0 Å². The van der Waals surface area contributed by atoms with Crippen LogP contribution in [-0.2, 0) is 0 Å². The summed E-state index contributed by atoms with van der Waals surface area (Å²) in [7, 11) is 0. The van der Waals surface area contributed by atoms with Crippen molar-refractivity contribution in [2.45, 2.75) is 44.9 Å². The average Bonchev–Trinajstić information content (AvgIpc) is 2.10. The zero-order valence-electron chi connectivity index (χ0n) is 7.15. The van der Waals surface area contributed by atoms with Gasteiger partial charge in [-0.05, 0) is 30.6 Å². The van der Waals surface area contributed by atoms with Crippen molar-refractivity contribution in [3.8, 4) is 0 Å². The Labute approximate surface area is 72.5 Å². The molecular weight excluding hydrogens is 188 g/mol. The summed E-state index contributed by atoms with van der Waals surface area (Å²) in [6.45, 7) is 7.02. The minimum Gasteiger partial charge on any atom is -0.0891 e. The molecule has 0 N–H and O–H groups in total. The highest BCUT2D eigenvalue weighted by Gasteiger charge is 2.32. The lowest BCUT2D eigenvalue weighted by atomic mass is 9.90. The van der Waals surface area contributed by atoms with Gasteiger partial charge in [-0.15, -0.1) is 0 Å². The van der Waals surface area contributed by atoms with E-state index < -0.39 is 0 Å². The summed E-state index contributed by atoms with van der Waals surface area (Å²) in [5.74, 6) is 0.926. The van der Waals surface area contributed by atoms with Gasteiger partial charge in [0.1, 0.15) is 0 Å². The number of hydrogen-bond donors (Lipinski definition) is 0. The highest BCUT2D eigenvalue weighted by Crippen LogP contribution is 2.43. The smallest absolute Gasteiger partial charge is 0.0146 e. The van der Waals surface area contributed by atoms with E-state index in [-0.39, 0.29) is 0 Å². The first kappa shape index (κ1) is 8.58. The van der Waals surface area contributed by atoms with Gasteiger partial charge < -0.3 is 0 Å². The Balaban J connectivity index is 2.43. The largest absolute Gasteiger partial charge is 0.0891 e. The summed E-state index contributed by atoms with van der Waals surface area (Å²) >= 11 is 3.65. The van der Waals surface area contributed by atoms with E-state index >= 15 is 0 Å². The second-order valence-corrected chi connectivity index (χ2v) is 5.79. The van der Waals surface area contributed by atoms with Crippen LogP contribution in [0.15, 0.2) is 0 Å². The van der Waals surface area contributed by atoms with E-state index in [2.05, 4.69) is 36.7 Å². The van der Waals surface area contributed by atoms with E-state index in [0.717, 1.165) is 5.92 Å². The van der Waals surface area contributed by atoms with Crippen LogP contribution in [-0.4, -0.2) is 4.83 Å². The summed E-state index contributed by atoms with van der Waals surface area (Å²) in [4.78, 5) is 0.717. The summed E-state index contributed by atoms with van der Waals surface area (Å²) in [6.07, 6.45) is 4.23. The maximum absolute atomic E-state index is 3.65. The molecule has 1 rings (SSSR count). The van der Waals surface area contributed by atoms with Gasteiger partial charge in [0.2, 0.25) is 0 Å². The Kier molecular flexibility index (Phi) is 2.44. The Hall–Kier alpha value is 0.480. The predicted octanol–water partition coefficient (Wildman–Crippen LogP) is 3.60. The number of alkyl halides is 1. The average molecular weight is 205 g/mol. The molecule has 2 atom stereocenters. The molecule has 1 aliphatic rings. The molecule has 0 bridgehead atoms. The lowest BCUT2D eigenvalue weighted by Crippen LogP contribution is -2.10. The van der Waals surface area contributed by atoms with E-state index in [1.165, 1.54) is 19.3 Å². The third-order valence-electron chi connectivity index (χ3n) is 2.66. The lowest BCUT2D eigenvalue weighted by molar-refractivity contribution is 0.360. The third kappa shape index (κ3) is 1.98. The molecule has 0 saturated heterocycles. The summed E-state index contributed by atoms with van der Waals surface area (Å²) in [5.41, 5.74) is 0.618. The van der Waals surface area contributed by atoms with Crippen molar-refractivity contribution in [1.82, 2.24) is 0 Å². The van der Waals surface area contributed by atoms with Gasteiger partial charge >= 0.3 is 0 Å². The summed E-state index contributed by atoms with van der Waals surface area (Å²) in [5, 5.41) is 0. The van der Waals surface area contributed by atoms with Crippen LogP contribution in [0.4, 0.5) is 0 Å². The number of halogens is 1. The molecule has 0 nitrogen and oxygen atoms in total. The topological polar surface area (TPSA) is 0 Å². The second kappa shape index (κ2) is 2.84. The normalized spacial score (nSPS) is 34.2. The fraction of sp³-hybridized carbons (Fsp3) is 1.00. The predicted molar refractivity (Wildman–Crippen MR) is 49.5 cm³/mol. The van der Waals surface area contributed by atoms with Crippen molar-refractivity contribution in [3.05, 3.63) is 0 Å². The second-order valence-electron chi connectivity index (χ2n) is 4.34. The molecule has 0 radical (unpaired) electrons. The standard InChI is InChI=1S/C9H17Br/c1-7(10)8-4-5-9(2,3)6-8/h7-8H,4-6H2,1-3H3.